The van der Waals surface area contributed by atoms with E-state index < -0.39 is 6.10 Å². The van der Waals surface area contributed by atoms with Crippen molar-refractivity contribution in [3.63, 3.8) is 0 Å². The number of nitrogen functional groups attached to an aromatic ring is 1. The molecule has 0 amide bonds. The summed E-state index contributed by atoms with van der Waals surface area (Å²) in [7, 11) is 0. The topological polar surface area (TPSA) is 134 Å². The van der Waals surface area contributed by atoms with E-state index >= 15 is 0 Å². The summed E-state index contributed by atoms with van der Waals surface area (Å²) in [6, 6.07) is 4.91. The number of phenols is 1. The molecule has 0 aliphatic heterocycles. The summed E-state index contributed by atoms with van der Waals surface area (Å²) in [4.78, 5) is 13.3. The van der Waals surface area contributed by atoms with Gasteiger partial charge >= 0.3 is 0 Å². The van der Waals surface area contributed by atoms with E-state index in [0.717, 1.165) is 6.54 Å². The minimum absolute atomic E-state index is 0.156. The molecule has 0 spiro atoms. The number of nitrogens with two attached hydrogens (primary N) is 1. The molecular formula is C17H23N7O2. The maximum atomic E-state index is 9.98. The molecule has 3 aromatic rings. The first-order chi connectivity index (χ1) is 12.5. The van der Waals surface area contributed by atoms with Gasteiger partial charge in [-0.25, -0.2) is 4.98 Å². The number of anilines is 3. The third-order valence-corrected chi connectivity index (χ3v) is 3.91. The number of aliphatic hydroxyl groups excluding tert-OH is 1. The molecule has 2 aromatic heterocycles. The standard InChI is InChI=1S/C17H23N7O2/c1-3-24-9-21-14-15(19-8-11-6-12(18)4-5-13(11)26)22-17(23-16(14)24)20-7-10(2)25/h4-6,9-10,25-26H,3,7-8,18H2,1-2H3,(H2,19,20,22,23). The van der Waals surface area contributed by atoms with Crippen LogP contribution in [0.3, 0.4) is 0 Å². The van der Waals surface area contributed by atoms with Crippen molar-refractivity contribution in [3.8, 4) is 5.75 Å². The van der Waals surface area contributed by atoms with Gasteiger partial charge in [0.05, 0.1) is 12.4 Å². The van der Waals surface area contributed by atoms with E-state index in [2.05, 4.69) is 25.6 Å². The Morgan fingerprint density at radius 1 is 1.27 bits per heavy atom. The Kier molecular flexibility index (Phi) is 5.08. The molecule has 3 rings (SSSR count). The van der Waals surface area contributed by atoms with Crippen LogP contribution in [-0.2, 0) is 13.1 Å². The zero-order chi connectivity index (χ0) is 18.7. The molecule has 2 heterocycles. The van der Waals surface area contributed by atoms with Gasteiger partial charge in [-0.15, -0.1) is 0 Å². The lowest BCUT2D eigenvalue weighted by molar-refractivity contribution is 0.208. The van der Waals surface area contributed by atoms with Crippen LogP contribution in [0.5, 0.6) is 5.75 Å². The highest BCUT2D eigenvalue weighted by molar-refractivity contribution is 5.84. The molecule has 138 valence electrons. The van der Waals surface area contributed by atoms with Gasteiger partial charge in [-0.1, -0.05) is 0 Å². The second kappa shape index (κ2) is 7.44. The lowest BCUT2D eigenvalue weighted by atomic mass is 10.2. The molecule has 9 nitrogen and oxygen atoms in total. The Morgan fingerprint density at radius 2 is 2.08 bits per heavy atom. The smallest absolute Gasteiger partial charge is 0.226 e. The van der Waals surface area contributed by atoms with E-state index in [-0.39, 0.29) is 5.75 Å². The number of aryl methyl sites for hydroxylation is 1. The Balaban J connectivity index is 1.92. The van der Waals surface area contributed by atoms with Crippen LogP contribution in [0.4, 0.5) is 17.5 Å². The van der Waals surface area contributed by atoms with Crippen molar-refractivity contribution in [2.24, 2.45) is 0 Å². The zero-order valence-electron chi connectivity index (χ0n) is 14.8. The predicted octanol–water partition coefficient (Wildman–Crippen LogP) is 1.54. The van der Waals surface area contributed by atoms with Crippen molar-refractivity contribution in [2.75, 3.05) is 22.9 Å². The second-order valence-electron chi connectivity index (χ2n) is 6.07. The Bertz CT molecular complexity index is 908. The fourth-order valence-electron chi connectivity index (χ4n) is 2.54. The molecule has 6 N–H and O–H groups in total. The summed E-state index contributed by atoms with van der Waals surface area (Å²) in [6.45, 7) is 5.07. The lowest BCUT2D eigenvalue weighted by Crippen LogP contribution is -2.17. The highest BCUT2D eigenvalue weighted by Crippen LogP contribution is 2.24. The van der Waals surface area contributed by atoms with Gasteiger partial charge in [0.25, 0.3) is 0 Å². The molecular weight excluding hydrogens is 334 g/mol. The van der Waals surface area contributed by atoms with Gasteiger partial charge in [-0.3, -0.25) is 0 Å². The summed E-state index contributed by atoms with van der Waals surface area (Å²) in [6.07, 6.45) is 1.19. The maximum Gasteiger partial charge on any atom is 0.226 e. The first-order valence-electron chi connectivity index (χ1n) is 8.44. The molecule has 0 saturated carbocycles. The number of rotatable bonds is 7. The number of aromatic hydroxyl groups is 1. The van der Waals surface area contributed by atoms with Crippen LogP contribution in [0, 0.1) is 0 Å². The second-order valence-corrected chi connectivity index (χ2v) is 6.07. The number of nitrogens with zero attached hydrogens (tertiary/aromatic N) is 4. The molecule has 0 fully saturated rings. The molecule has 1 unspecified atom stereocenters. The minimum Gasteiger partial charge on any atom is -0.508 e. The fourth-order valence-corrected chi connectivity index (χ4v) is 2.54. The van der Waals surface area contributed by atoms with E-state index in [9.17, 15) is 10.2 Å². The SMILES string of the molecule is CCn1cnc2c(NCc3cc(N)ccc3O)nc(NCC(C)O)nc21. The number of nitrogens with one attached hydrogen (secondary N) is 2. The summed E-state index contributed by atoms with van der Waals surface area (Å²) in [5, 5.41) is 25.7. The van der Waals surface area contributed by atoms with Gasteiger partial charge in [0.15, 0.2) is 17.0 Å². The molecule has 0 aliphatic carbocycles. The van der Waals surface area contributed by atoms with Crippen LogP contribution in [0.1, 0.15) is 19.4 Å². The van der Waals surface area contributed by atoms with E-state index in [1.165, 1.54) is 0 Å². The number of phenolic OH excluding ortho intramolecular Hbond substituents is 1. The Hall–Kier alpha value is -3.07. The van der Waals surface area contributed by atoms with Gasteiger partial charge in [-0.2, -0.15) is 9.97 Å². The summed E-state index contributed by atoms with van der Waals surface area (Å²) >= 11 is 0. The van der Waals surface area contributed by atoms with Crippen LogP contribution in [-0.4, -0.2) is 42.4 Å². The molecule has 0 aliphatic rings. The molecule has 26 heavy (non-hydrogen) atoms. The van der Waals surface area contributed by atoms with E-state index in [4.69, 9.17) is 5.73 Å². The van der Waals surface area contributed by atoms with Crippen molar-refractivity contribution in [1.29, 1.82) is 0 Å². The van der Waals surface area contributed by atoms with E-state index in [1.807, 2.05) is 11.5 Å². The van der Waals surface area contributed by atoms with E-state index in [1.54, 1.807) is 31.5 Å². The van der Waals surface area contributed by atoms with E-state index in [0.29, 0.717) is 47.3 Å². The predicted molar refractivity (Wildman–Crippen MR) is 101 cm³/mol. The maximum absolute atomic E-state index is 9.98. The van der Waals surface area contributed by atoms with Gasteiger partial charge in [0.1, 0.15) is 5.75 Å². The van der Waals surface area contributed by atoms with Gasteiger partial charge in [0.2, 0.25) is 5.95 Å². The normalized spacial score (nSPS) is 12.3. The van der Waals surface area contributed by atoms with Crippen molar-refractivity contribution < 1.29 is 10.2 Å². The molecule has 0 bridgehead atoms. The van der Waals surface area contributed by atoms with Crippen molar-refractivity contribution >= 4 is 28.6 Å². The zero-order valence-corrected chi connectivity index (χ0v) is 14.8. The molecule has 0 radical (unpaired) electrons. The number of aromatic nitrogens is 4. The van der Waals surface area contributed by atoms with Crippen LogP contribution < -0.4 is 16.4 Å². The number of benzene rings is 1. The monoisotopic (exact) mass is 357 g/mol. The lowest BCUT2D eigenvalue weighted by Gasteiger charge is -2.12. The minimum atomic E-state index is -0.522. The number of hydrogen-bond donors (Lipinski definition) is 5. The number of hydrogen-bond acceptors (Lipinski definition) is 8. The first-order valence-corrected chi connectivity index (χ1v) is 8.44. The van der Waals surface area contributed by atoms with Crippen LogP contribution in [0.25, 0.3) is 11.2 Å². The summed E-state index contributed by atoms with van der Waals surface area (Å²) in [5.74, 6) is 1.09. The molecule has 1 atom stereocenters. The van der Waals surface area contributed by atoms with Gasteiger partial charge < -0.3 is 31.1 Å². The average Bonchev–Trinajstić information content (AvgIpc) is 3.03. The third kappa shape index (κ3) is 3.77. The van der Waals surface area contributed by atoms with Crippen LogP contribution in [0.15, 0.2) is 24.5 Å². The van der Waals surface area contributed by atoms with Gasteiger partial charge in [0, 0.05) is 30.9 Å². The fraction of sp³-hybridized carbons (Fsp3) is 0.353. The molecule has 9 heteroatoms. The third-order valence-electron chi connectivity index (χ3n) is 3.91. The Morgan fingerprint density at radius 3 is 2.81 bits per heavy atom. The summed E-state index contributed by atoms with van der Waals surface area (Å²) < 4.78 is 1.91. The average molecular weight is 357 g/mol. The number of aliphatic hydroxyl groups is 1. The number of fused-ring (bicyclic) bond motifs is 1. The largest absolute Gasteiger partial charge is 0.508 e. The van der Waals surface area contributed by atoms with Crippen molar-refractivity contribution in [3.05, 3.63) is 30.1 Å². The highest BCUT2D eigenvalue weighted by atomic mass is 16.3. The highest BCUT2D eigenvalue weighted by Gasteiger charge is 2.14. The van der Waals surface area contributed by atoms with Crippen LogP contribution >= 0.6 is 0 Å². The van der Waals surface area contributed by atoms with Crippen LogP contribution in [0.2, 0.25) is 0 Å². The van der Waals surface area contributed by atoms with Crippen molar-refractivity contribution in [2.45, 2.75) is 33.0 Å². The number of imidazole rings is 1. The Labute approximate surface area is 150 Å². The van der Waals surface area contributed by atoms with Crippen molar-refractivity contribution in [1.82, 2.24) is 19.5 Å². The molecule has 1 aromatic carbocycles. The van der Waals surface area contributed by atoms with Gasteiger partial charge in [-0.05, 0) is 32.0 Å². The summed E-state index contributed by atoms with van der Waals surface area (Å²) in [5.41, 5.74) is 8.34. The molecule has 0 saturated heterocycles. The first kappa shape index (κ1) is 17.7. The quantitative estimate of drug-likeness (QED) is 0.317.